The van der Waals surface area contributed by atoms with E-state index in [1.165, 1.54) is 12.8 Å². The average molecular weight is 244 g/mol. The maximum atomic E-state index is 5.64. The monoisotopic (exact) mass is 244 g/mol. The van der Waals surface area contributed by atoms with Crippen molar-refractivity contribution in [2.24, 2.45) is 11.7 Å². The molecule has 0 aromatic carbocycles. The first-order valence-corrected chi connectivity index (χ1v) is 6.67. The Morgan fingerprint density at radius 1 is 1.62 bits per heavy atom. The normalized spacial score (nSPS) is 22.6. The molecule has 0 aromatic heterocycles. The first-order chi connectivity index (χ1) is 7.63. The smallest absolute Gasteiger partial charge is 0.0768 e. The van der Waals surface area contributed by atoms with Gasteiger partial charge < -0.3 is 15.4 Å². The van der Waals surface area contributed by atoms with Crippen molar-refractivity contribution in [3.05, 3.63) is 0 Å². The summed E-state index contributed by atoms with van der Waals surface area (Å²) in [6, 6.07) is 0. The zero-order valence-corrected chi connectivity index (χ0v) is 11.3. The Kier molecular flexibility index (Phi) is 6.24. The Morgan fingerprint density at radius 2 is 2.38 bits per heavy atom. The van der Waals surface area contributed by atoms with Gasteiger partial charge in [-0.25, -0.2) is 0 Å². The van der Waals surface area contributed by atoms with Gasteiger partial charge in [0.15, 0.2) is 0 Å². The number of hydrogen-bond donors (Lipinski definition) is 1. The van der Waals surface area contributed by atoms with E-state index in [4.69, 9.17) is 22.7 Å². The maximum Gasteiger partial charge on any atom is 0.0768 e. The van der Waals surface area contributed by atoms with E-state index in [-0.39, 0.29) is 0 Å². The van der Waals surface area contributed by atoms with Gasteiger partial charge in [-0.15, -0.1) is 0 Å². The van der Waals surface area contributed by atoms with Gasteiger partial charge in [-0.05, 0) is 25.8 Å². The van der Waals surface area contributed by atoms with Crippen LogP contribution in [-0.4, -0.2) is 42.2 Å². The molecule has 2 N–H and O–H groups in total. The minimum Gasteiger partial charge on any atom is -0.393 e. The highest BCUT2D eigenvalue weighted by Crippen LogP contribution is 2.15. The molecule has 0 saturated carbocycles. The third kappa shape index (κ3) is 4.76. The molecule has 1 heterocycles. The van der Waals surface area contributed by atoms with Gasteiger partial charge in [-0.2, -0.15) is 0 Å². The highest BCUT2D eigenvalue weighted by molar-refractivity contribution is 7.80. The summed E-state index contributed by atoms with van der Waals surface area (Å²) in [4.78, 5) is 3.03. The minimum atomic E-state index is 0.305. The standard InChI is InChI=1S/C12H24N2OS/c1-3-14(9-10(2)12(13)16)7-6-11-5-4-8-15-11/h10-11H,3-9H2,1-2H3,(H2,13,16). The third-order valence-corrected chi connectivity index (χ3v) is 3.66. The fourth-order valence-corrected chi connectivity index (χ4v) is 2.13. The molecule has 1 saturated heterocycles. The van der Waals surface area contributed by atoms with Crippen LogP contribution in [0.5, 0.6) is 0 Å². The predicted molar refractivity (Wildman–Crippen MR) is 71.7 cm³/mol. The fraction of sp³-hybridized carbons (Fsp3) is 0.917. The molecule has 2 unspecified atom stereocenters. The van der Waals surface area contributed by atoms with Crippen LogP contribution in [0.3, 0.4) is 0 Å². The quantitative estimate of drug-likeness (QED) is 0.693. The first kappa shape index (κ1) is 13.9. The van der Waals surface area contributed by atoms with Gasteiger partial charge in [-0.3, -0.25) is 0 Å². The van der Waals surface area contributed by atoms with E-state index in [2.05, 4.69) is 18.7 Å². The van der Waals surface area contributed by atoms with Crippen LogP contribution in [0.2, 0.25) is 0 Å². The lowest BCUT2D eigenvalue weighted by Gasteiger charge is -2.24. The zero-order chi connectivity index (χ0) is 12.0. The van der Waals surface area contributed by atoms with Gasteiger partial charge in [0, 0.05) is 25.6 Å². The summed E-state index contributed by atoms with van der Waals surface area (Å²) in [5, 5.41) is 0. The lowest BCUT2D eigenvalue weighted by molar-refractivity contribution is 0.0918. The maximum absolute atomic E-state index is 5.64. The summed E-state index contributed by atoms with van der Waals surface area (Å²) in [6.07, 6.45) is 4.06. The minimum absolute atomic E-state index is 0.305. The van der Waals surface area contributed by atoms with E-state index in [0.29, 0.717) is 17.0 Å². The van der Waals surface area contributed by atoms with E-state index in [9.17, 15) is 0 Å². The summed E-state index contributed by atoms with van der Waals surface area (Å²) in [7, 11) is 0. The van der Waals surface area contributed by atoms with Crippen LogP contribution in [0.1, 0.15) is 33.1 Å². The summed E-state index contributed by atoms with van der Waals surface area (Å²) in [6.45, 7) is 8.34. The third-order valence-electron chi connectivity index (χ3n) is 3.26. The number of nitrogens with two attached hydrogens (primary N) is 1. The van der Waals surface area contributed by atoms with Crippen LogP contribution in [-0.2, 0) is 4.74 Å². The molecular weight excluding hydrogens is 220 g/mol. The molecule has 1 fully saturated rings. The van der Waals surface area contributed by atoms with Crippen molar-refractivity contribution in [1.82, 2.24) is 4.90 Å². The van der Waals surface area contributed by atoms with Gasteiger partial charge >= 0.3 is 0 Å². The number of hydrogen-bond acceptors (Lipinski definition) is 3. The van der Waals surface area contributed by atoms with Gasteiger partial charge in [0.2, 0.25) is 0 Å². The Balaban J connectivity index is 2.22. The van der Waals surface area contributed by atoms with Crippen LogP contribution in [0.25, 0.3) is 0 Å². The van der Waals surface area contributed by atoms with Crippen LogP contribution < -0.4 is 5.73 Å². The Bertz CT molecular complexity index is 217. The molecule has 0 spiro atoms. The lowest BCUT2D eigenvalue weighted by Crippen LogP contribution is -2.35. The van der Waals surface area contributed by atoms with Crippen molar-refractivity contribution < 1.29 is 4.74 Å². The summed E-state index contributed by atoms with van der Waals surface area (Å²) in [5.74, 6) is 0.305. The number of thiocarbonyl (C=S) groups is 1. The van der Waals surface area contributed by atoms with E-state index >= 15 is 0 Å². The average Bonchev–Trinajstić information content (AvgIpc) is 2.76. The second-order valence-electron chi connectivity index (χ2n) is 4.62. The van der Waals surface area contributed by atoms with Crippen LogP contribution in [0, 0.1) is 5.92 Å². The fourth-order valence-electron chi connectivity index (χ4n) is 2.05. The molecule has 2 atom stereocenters. The Hall–Kier alpha value is -0.190. The highest BCUT2D eigenvalue weighted by Gasteiger charge is 2.17. The second kappa shape index (κ2) is 7.20. The topological polar surface area (TPSA) is 38.5 Å². The van der Waals surface area contributed by atoms with E-state index in [1.807, 2.05) is 0 Å². The molecule has 0 bridgehead atoms. The van der Waals surface area contributed by atoms with Crippen molar-refractivity contribution in [3.63, 3.8) is 0 Å². The van der Waals surface area contributed by atoms with Crippen molar-refractivity contribution in [3.8, 4) is 0 Å². The molecule has 4 heteroatoms. The zero-order valence-electron chi connectivity index (χ0n) is 10.4. The Morgan fingerprint density at radius 3 is 2.88 bits per heavy atom. The van der Waals surface area contributed by atoms with Crippen molar-refractivity contribution in [2.75, 3.05) is 26.2 Å². The van der Waals surface area contributed by atoms with Crippen molar-refractivity contribution in [1.29, 1.82) is 0 Å². The first-order valence-electron chi connectivity index (χ1n) is 6.26. The SMILES string of the molecule is CCN(CCC1CCCO1)CC(C)C(N)=S. The van der Waals surface area contributed by atoms with Crippen molar-refractivity contribution in [2.45, 2.75) is 39.2 Å². The molecular formula is C12H24N2OS. The van der Waals surface area contributed by atoms with Crippen LogP contribution in [0.15, 0.2) is 0 Å². The van der Waals surface area contributed by atoms with Gasteiger partial charge in [0.1, 0.15) is 0 Å². The van der Waals surface area contributed by atoms with E-state index in [1.54, 1.807) is 0 Å². The van der Waals surface area contributed by atoms with Gasteiger partial charge in [0.25, 0.3) is 0 Å². The highest BCUT2D eigenvalue weighted by atomic mass is 32.1. The largest absolute Gasteiger partial charge is 0.393 e. The molecule has 0 aliphatic carbocycles. The predicted octanol–water partition coefficient (Wildman–Crippen LogP) is 1.80. The molecule has 0 amide bonds. The molecule has 16 heavy (non-hydrogen) atoms. The molecule has 3 nitrogen and oxygen atoms in total. The Labute approximate surface area is 104 Å². The number of rotatable bonds is 7. The number of nitrogens with zero attached hydrogens (tertiary/aromatic N) is 1. The van der Waals surface area contributed by atoms with E-state index < -0.39 is 0 Å². The molecule has 1 aliphatic rings. The molecule has 0 radical (unpaired) electrons. The lowest BCUT2D eigenvalue weighted by atomic mass is 10.1. The summed E-state index contributed by atoms with van der Waals surface area (Å²) < 4.78 is 5.62. The summed E-state index contributed by atoms with van der Waals surface area (Å²) in [5.41, 5.74) is 5.64. The van der Waals surface area contributed by atoms with E-state index in [0.717, 1.165) is 32.7 Å². The van der Waals surface area contributed by atoms with Crippen molar-refractivity contribution >= 4 is 17.2 Å². The van der Waals surface area contributed by atoms with Gasteiger partial charge in [-0.1, -0.05) is 26.1 Å². The number of ether oxygens (including phenoxy) is 1. The second-order valence-corrected chi connectivity index (χ2v) is 5.09. The molecule has 0 aromatic rings. The molecule has 1 rings (SSSR count). The molecule has 94 valence electrons. The van der Waals surface area contributed by atoms with Crippen LogP contribution in [0.4, 0.5) is 0 Å². The summed E-state index contributed by atoms with van der Waals surface area (Å²) >= 11 is 5.00. The van der Waals surface area contributed by atoms with Crippen LogP contribution >= 0.6 is 12.2 Å². The van der Waals surface area contributed by atoms with Gasteiger partial charge in [0.05, 0.1) is 11.1 Å². The molecule has 1 aliphatic heterocycles.